The van der Waals surface area contributed by atoms with Crippen molar-refractivity contribution in [1.29, 1.82) is 0 Å². The topological polar surface area (TPSA) is 45.6 Å². The first-order chi connectivity index (χ1) is 11.5. The third-order valence-electron chi connectivity index (χ3n) is 4.96. The Balaban J connectivity index is 1.95. The summed E-state index contributed by atoms with van der Waals surface area (Å²) in [5.74, 6) is 0.0256. The van der Waals surface area contributed by atoms with Gasteiger partial charge in [0.25, 0.3) is 5.91 Å². The zero-order valence-corrected chi connectivity index (χ0v) is 14.7. The van der Waals surface area contributed by atoms with Crippen molar-refractivity contribution in [3.8, 4) is 0 Å². The molecule has 0 saturated carbocycles. The summed E-state index contributed by atoms with van der Waals surface area (Å²) in [5.41, 5.74) is 1.72. The van der Waals surface area contributed by atoms with Crippen molar-refractivity contribution in [2.24, 2.45) is 7.05 Å². The molecule has 2 amide bonds. The molecule has 2 aromatic rings. The zero-order valence-electron chi connectivity index (χ0n) is 14.7. The molecule has 1 aliphatic heterocycles. The molecular formula is C19H25N3O2. The Bertz CT molecular complexity index is 765. The molecule has 24 heavy (non-hydrogen) atoms. The maximum atomic E-state index is 13.2. The molecule has 1 aromatic heterocycles. The molecule has 1 saturated heterocycles. The van der Waals surface area contributed by atoms with Crippen molar-refractivity contribution in [2.75, 3.05) is 20.1 Å². The summed E-state index contributed by atoms with van der Waals surface area (Å²) < 4.78 is 2.01. The molecule has 2 heterocycles. The van der Waals surface area contributed by atoms with E-state index in [-0.39, 0.29) is 17.9 Å². The molecule has 0 radical (unpaired) electrons. The summed E-state index contributed by atoms with van der Waals surface area (Å²) in [5, 5.41) is 0.950. The molecule has 5 heteroatoms. The van der Waals surface area contributed by atoms with Crippen molar-refractivity contribution in [2.45, 2.75) is 32.2 Å². The number of aromatic nitrogens is 1. The number of aryl methyl sites for hydroxylation is 1. The molecule has 1 aliphatic rings. The van der Waals surface area contributed by atoms with Crippen LogP contribution in [0.15, 0.2) is 30.5 Å². The predicted octanol–water partition coefficient (Wildman–Crippen LogP) is 2.65. The first-order valence-electron chi connectivity index (χ1n) is 8.64. The number of fused-ring (bicyclic) bond motifs is 1. The van der Waals surface area contributed by atoms with Crippen LogP contribution in [0.25, 0.3) is 10.9 Å². The van der Waals surface area contributed by atoms with Gasteiger partial charge in [0.1, 0.15) is 6.04 Å². The minimum atomic E-state index is -0.338. The number of rotatable bonds is 4. The largest absolute Gasteiger partial charge is 0.351 e. The molecule has 0 aliphatic carbocycles. The molecule has 5 nitrogen and oxygen atoms in total. The van der Waals surface area contributed by atoms with Crippen LogP contribution in [0.4, 0.5) is 0 Å². The number of hydrogen-bond donors (Lipinski definition) is 0. The van der Waals surface area contributed by atoms with Gasteiger partial charge in [0.15, 0.2) is 0 Å². The number of unbranched alkanes of at least 4 members (excludes halogenated alkanes) is 1. The summed E-state index contributed by atoms with van der Waals surface area (Å²) >= 11 is 0. The molecule has 0 N–H and O–H groups in total. The van der Waals surface area contributed by atoms with Crippen LogP contribution in [0.3, 0.4) is 0 Å². The van der Waals surface area contributed by atoms with E-state index in [1.54, 1.807) is 9.80 Å². The highest BCUT2D eigenvalue weighted by molar-refractivity contribution is 6.08. The maximum Gasteiger partial charge on any atom is 0.255 e. The van der Waals surface area contributed by atoms with E-state index in [9.17, 15) is 9.59 Å². The first kappa shape index (κ1) is 16.6. The van der Waals surface area contributed by atoms with Gasteiger partial charge in [-0.1, -0.05) is 25.8 Å². The molecule has 1 aromatic carbocycles. The number of carbonyl (C=O) groups is 2. The molecule has 3 rings (SSSR count). The van der Waals surface area contributed by atoms with Crippen LogP contribution >= 0.6 is 0 Å². The fourth-order valence-electron chi connectivity index (χ4n) is 3.47. The molecule has 0 bridgehead atoms. The Morgan fingerprint density at radius 3 is 2.75 bits per heavy atom. The van der Waals surface area contributed by atoms with E-state index in [2.05, 4.69) is 6.92 Å². The fraction of sp³-hybridized carbons (Fsp3) is 0.474. The Morgan fingerprint density at radius 2 is 2.00 bits per heavy atom. The predicted molar refractivity (Wildman–Crippen MR) is 94.9 cm³/mol. The van der Waals surface area contributed by atoms with Crippen molar-refractivity contribution in [1.82, 2.24) is 14.4 Å². The normalized spacial score (nSPS) is 18.5. The maximum absolute atomic E-state index is 13.2. The van der Waals surface area contributed by atoms with Gasteiger partial charge in [-0.3, -0.25) is 9.59 Å². The van der Waals surface area contributed by atoms with E-state index in [1.165, 1.54) is 0 Å². The standard InChI is InChI=1S/C19H25N3O2/c1-4-5-8-17-19(24)21(3)12-13-22(17)18(23)15-7-6-9-16-14(15)10-11-20(16)2/h6-7,9-11,17H,4-5,8,12-13H2,1-3H3. The summed E-state index contributed by atoms with van der Waals surface area (Å²) in [7, 11) is 3.79. The number of amides is 2. The fourth-order valence-corrected chi connectivity index (χ4v) is 3.47. The van der Waals surface area contributed by atoms with Crippen LogP contribution in [0.1, 0.15) is 36.5 Å². The van der Waals surface area contributed by atoms with Gasteiger partial charge in [-0.15, -0.1) is 0 Å². The van der Waals surface area contributed by atoms with Crippen molar-refractivity contribution < 1.29 is 9.59 Å². The Morgan fingerprint density at radius 1 is 1.21 bits per heavy atom. The molecule has 1 atom stereocenters. The highest BCUT2D eigenvalue weighted by Crippen LogP contribution is 2.24. The second kappa shape index (κ2) is 6.67. The summed E-state index contributed by atoms with van der Waals surface area (Å²) in [6, 6.07) is 7.42. The molecule has 1 unspecified atom stereocenters. The van der Waals surface area contributed by atoms with Gasteiger partial charge in [-0.2, -0.15) is 0 Å². The monoisotopic (exact) mass is 327 g/mol. The minimum Gasteiger partial charge on any atom is -0.351 e. The number of nitrogens with zero attached hydrogens (tertiary/aromatic N) is 3. The zero-order chi connectivity index (χ0) is 17.3. The first-order valence-corrected chi connectivity index (χ1v) is 8.64. The Kier molecular flexibility index (Phi) is 4.60. The van der Waals surface area contributed by atoms with E-state index >= 15 is 0 Å². The Hall–Kier alpha value is -2.30. The van der Waals surface area contributed by atoms with Gasteiger partial charge in [0.2, 0.25) is 5.91 Å². The summed E-state index contributed by atoms with van der Waals surface area (Å²) in [6.45, 7) is 3.30. The van der Waals surface area contributed by atoms with E-state index < -0.39 is 0 Å². The average Bonchev–Trinajstić information content (AvgIpc) is 2.97. The van der Waals surface area contributed by atoms with Crippen LogP contribution < -0.4 is 0 Å². The SMILES string of the molecule is CCCCC1C(=O)N(C)CCN1C(=O)c1cccc2c1ccn2C. The number of hydrogen-bond acceptors (Lipinski definition) is 2. The van der Waals surface area contributed by atoms with Gasteiger partial charge in [-0.05, 0) is 24.6 Å². The van der Waals surface area contributed by atoms with Crippen molar-refractivity contribution in [3.05, 3.63) is 36.0 Å². The van der Waals surface area contributed by atoms with Crippen LogP contribution in [0, 0.1) is 0 Å². The second-order valence-electron chi connectivity index (χ2n) is 6.58. The summed E-state index contributed by atoms with van der Waals surface area (Å²) in [4.78, 5) is 29.3. The quantitative estimate of drug-likeness (QED) is 0.866. The average molecular weight is 327 g/mol. The number of carbonyl (C=O) groups excluding carboxylic acids is 2. The van der Waals surface area contributed by atoms with E-state index in [0.717, 1.165) is 30.2 Å². The lowest BCUT2D eigenvalue weighted by Crippen LogP contribution is -2.57. The number of likely N-dealkylation sites (N-methyl/N-ethyl adjacent to an activating group) is 1. The van der Waals surface area contributed by atoms with E-state index in [1.807, 2.05) is 49.1 Å². The van der Waals surface area contributed by atoms with Gasteiger partial charge in [-0.25, -0.2) is 0 Å². The highest BCUT2D eigenvalue weighted by Gasteiger charge is 2.36. The second-order valence-corrected chi connectivity index (χ2v) is 6.58. The van der Waals surface area contributed by atoms with Gasteiger partial charge in [0, 0.05) is 49.8 Å². The van der Waals surface area contributed by atoms with Crippen LogP contribution in [-0.2, 0) is 11.8 Å². The van der Waals surface area contributed by atoms with E-state index in [0.29, 0.717) is 18.7 Å². The van der Waals surface area contributed by atoms with Crippen molar-refractivity contribution in [3.63, 3.8) is 0 Å². The number of benzene rings is 1. The lowest BCUT2D eigenvalue weighted by molar-refractivity contribution is -0.138. The molecule has 0 spiro atoms. The molecular weight excluding hydrogens is 302 g/mol. The third-order valence-corrected chi connectivity index (χ3v) is 4.96. The smallest absolute Gasteiger partial charge is 0.255 e. The van der Waals surface area contributed by atoms with Crippen LogP contribution in [0.2, 0.25) is 0 Å². The lowest BCUT2D eigenvalue weighted by atomic mass is 10.0. The highest BCUT2D eigenvalue weighted by atomic mass is 16.2. The van der Waals surface area contributed by atoms with Crippen LogP contribution in [-0.4, -0.2) is 52.4 Å². The van der Waals surface area contributed by atoms with Gasteiger partial charge < -0.3 is 14.4 Å². The third kappa shape index (κ3) is 2.79. The molecule has 128 valence electrons. The minimum absolute atomic E-state index is 0.0330. The Labute approximate surface area is 142 Å². The number of piperazine rings is 1. The molecule has 1 fully saturated rings. The van der Waals surface area contributed by atoms with E-state index in [4.69, 9.17) is 0 Å². The van der Waals surface area contributed by atoms with Crippen LogP contribution in [0.5, 0.6) is 0 Å². The van der Waals surface area contributed by atoms with Gasteiger partial charge >= 0.3 is 0 Å². The van der Waals surface area contributed by atoms with Gasteiger partial charge in [0.05, 0.1) is 0 Å². The summed E-state index contributed by atoms with van der Waals surface area (Å²) in [6.07, 6.45) is 4.66. The van der Waals surface area contributed by atoms with Crippen molar-refractivity contribution >= 4 is 22.7 Å². The lowest BCUT2D eigenvalue weighted by Gasteiger charge is -2.39.